The van der Waals surface area contributed by atoms with E-state index in [1.165, 1.54) is 0 Å². The van der Waals surface area contributed by atoms with Gasteiger partial charge in [-0.1, -0.05) is 12.1 Å². The van der Waals surface area contributed by atoms with Gasteiger partial charge in [-0.3, -0.25) is 4.79 Å². The number of ether oxygens (including phenoxy) is 2. The minimum absolute atomic E-state index is 0.127. The molecular formula is C16H20O4. The number of benzene rings is 1. The predicted molar refractivity (Wildman–Crippen MR) is 74.1 cm³/mol. The molecule has 1 heterocycles. The summed E-state index contributed by atoms with van der Waals surface area (Å²) in [5, 5.41) is 8.98. The van der Waals surface area contributed by atoms with Crippen LogP contribution < -0.4 is 4.74 Å². The summed E-state index contributed by atoms with van der Waals surface area (Å²) in [6.45, 7) is 1.49. The van der Waals surface area contributed by atoms with Crippen LogP contribution in [0.5, 0.6) is 5.75 Å². The topological polar surface area (TPSA) is 55.8 Å². The first-order valence-electron chi connectivity index (χ1n) is 7.25. The molecule has 1 aromatic rings. The van der Waals surface area contributed by atoms with Crippen molar-refractivity contribution in [2.45, 2.75) is 43.6 Å². The van der Waals surface area contributed by atoms with Crippen molar-refractivity contribution in [3.8, 4) is 5.75 Å². The van der Waals surface area contributed by atoms with E-state index in [-0.39, 0.29) is 17.9 Å². The third-order valence-corrected chi connectivity index (χ3v) is 4.23. The molecule has 1 aromatic carbocycles. The van der Waals surface area contributed by atoms with Gasteiger partial charge >= 0.3 is 5.97 Å². The summed E-state index contributed by atoms with van der Waals surface area (Å²) in [4.78, 5) is 10.9. The highest BCUT2D eigenvalue weighted by molar-refractivity contribution is 5.70. The van der Waals surface area contributed by atoms with E-state index in [9.17, 15) is 4.79 Å². The summed E-state index contributed by atoms with van der Waals surface area (Å²) in [5.41, 5.74) is 0.991. The van der Waals surface area contributed by atoms with Crippen LogP contribution in [-0.2, 0) is 14.9 Å². The Hall–Kier alpha value is -1.55. The Balaban J connectivity index is 1.64. The molecule has 0 amide bonds. The monoisotopic (exact) mass is 276 g/mol. The first kappa shape index (κ1) is 13.4. The van der Waals surface area contributed by atoms with Gasteiger partial charge in [0, 0.05) is 12.0 Å². The van der Waals surface area contributed by atoms with Crippen molar-refractivity contribution in [1.82, 2.24) is 0 Å². The van der Waals surface area contributed by atoms with Crippen LogP contribution >= 0.6 is 0 Å². The SMILES string of the molecule is O=C(O)CC1(c2ccc(OC3CCCOC3)cc2)CC1. The van der Waals surface area contributed by atoms with Crippen LogP contribution in [0.3, 0.4) is 0 Å². The lowest BCUT2D eigenvalue weighted by Crippen LogP contribution is -2.28. The summed E-state index contributed by atoms with van der Waals surface area (Å²) in [5.74, 6) is 0.123. The van der Waals surface area contributed by atoms with Crippen LogP contribution in [0.1, 0.15) is 37.7 Å². The highest BCUT2D eigenvalue weighted by Crippen LogP contribution is 2.51. The Kier molecular flexibility index (Phi) is 3.66. The van der Waals surface area contributed by atoms with Crippen LogP contribution in [0, 0.1) is 0 Å². The maximum atomic E-state index is 10.9. The van der Waals surface area contributed by atoms with Crippen LogP contribution in [0.4, 0.5) is 0 Å². The number of carboxylic acids is 1. The average Bonchev–Trinajstić information content (AvgIpc) is 3.21. The van der Waals surface area contributed by atoms with E-state index in [0.29, 0.717) is 6.61 Å². The largest absolute Gasteiger partial charge is 0.488 e. The standard InChI is InChI=1S/C16H20O4/c17-15(18)10-16(7-8-16)12-3-5-13(6-4-12)20-14-2-1-9-19-11-14/h3-6,14H,1-2,7-11H2,(H,17,18). The number of hydrogen-bond donors (Lipinski definition) is 1. The molecule has 0 aromatic heterocycles. The summed E-state index contributed by atoms with van der Waals surface area (Å²) in [7, 11) is 0. The van der Waals surface area contributed by atoms with Crippen LogP contribution in [0.2, 0.25) is 0 Å². The molecule has 20 heavy (non-hydrogen) atoms. The first-order valence-corrected chi connectivity index (χ1v) is 7.25. The summed E-state index contributed by atoms with van der Waals surface area (Å²) in [6.07, 6.45) is 4.38. The van der Waals surface area contributed by atoms with Crippen LogP contribution in [0.25, 0.3) is 0 Å². The van der Waals surface area contributed by atoms with Gasteiger partial charge in [-0.15, -0.1) is 0 Å². The second-order valence-electron chi connectivity index (χ2n) is 5.83. The Morgan fingerprint density at radius 2 is 2.10 bits per heavy atom. The van der Waals surface area contributed by atoms with Crippen molar-refractivity contribution in [2.24, 2.45) is 0 Å². The van der Waals surface area contributed by atoms with Gasteiger partial charge in [-0.2, -0.15) is 0 Å². The van der Waals surface area contributed by atoms with E-state index in [4.69, 9.17) is 14.6 Å². The van der Waals surface area contributed by atoms with E-state index in [0.717, 1.165) is 43.6 Å². The van der Waals surface area contributed by atoms with Crippen molar-refractivity contribution in [3.05, 3.63) is 29.8 Å². The van der Waals surface area contributed by atoms with Crippen molar-refractivity contribution in [1.29, 1.82) is 0 Å². The first-order chi connectivity index (χ1) is 9.68. The summed E-state index contributed by atoms with van der Waals surface area (Å²) >= 11 is 0. The fourth-order valence-corrected chi connectivity index (χ4v) is 2.89. The Labute approximate surface area is 118 Å². The molecule has 4 heteroatoms. The van der Waals surface area contributed by atoms with E-state index in [2.05, 4.69) is 0 Å². The van der Waals surface area contributed by atoms with Gasteiger partial charge in [-0.25, -0.2) is 0 Å². The lowest BCUT2D eigenvalue weighted by molar-refractivity contribution is -0.137. The average molecular weight is 276 g/mol. The summed E-state index contributed by atoms with van der Waals surface area (Å²) in [6, 6.07) is 7.92. The molecule has 2 aliphatic rings. The molecule has 108 valence electrons. The number of carboxylic acid groups (broad SMARTS) is 1. The van der Waals surface area contributed by atoms with Gasteiger partial charge < -0.3 is 14.6 Å². The Morgan fingerprint density at radius 3 is 2.65 bits per heavy atom. The van der Waals surface area contributed by atoms with Gasteiger partial charge in [0.1, 0.15) is 11.9 Å². The molecule has 0 bridgehead atoms. The molecule has 1 saturated carbocycles. The Bertz CT molecular complexity index is 470. The highest BCUT2D eigenvalue weighted by atomic mass is 16.5. The molecule has 1 unspecified atom stereocenters. The molecular weight excluding hydrogens is 256 g/mol. The number of rotatable bonds is 5. The normalized spacial score (nSPS) is 24.1. The molecule has 1 atom stereocenters. The smallest absolute Gasteiger partial charge is 0.304 e. The zero-order valence-corrected chi connectivity index (χ0v) is 11.5. The van der Waals surface area contributed by atoms with Crippen molar-refractivity contribution in [2.75, 3.05) is 13.2 Å². The van der Waals surface area contributed by atoms with Gasteiger partial charge in [0.15, 0.2) is 0 Å². The van der Waals surface area contributed by atoms with Crippen LogP contribution in [0.15, 0.2) is 24.3 Å². The van der Waals surface area contributed by atoms with Crippen molar-refractivity contribution >= 4 is 5.97 Å². The maximum absolute atomic E-state index is 10.9. The van der Waals surface area contributed by atoms with E-state index < -0.39 is 5.97 Å². The highest BCUT2D eigenvalue weighted by Gasteiger charge is 2.45. The van der Waals surface area contributed by atoms with Gasteiger partial charge in [0.2, 0.25) is 0 Å². The molecule has 4 nitrogen and oxygen atoms in total. The second kappa shape index (κ2) is 5.44. The van der Waals surface area contributed by atoms with Crippen molar-refractivity contribution in [3.63, 3.8) is 0 Å². The number of carbonyl (C=O) groups is 1. The summed E-state index contributed by atoms with van der Waals surface area (Å²) < 4.78 is 11.3. The second-order valence-corrected chi connectivity index (χ2v) is 5.83. The van der Waals surface area contributed by atoms with E-state index in [1.54, 1.807) is 0 Å². The lowest BCUT2D eigenvalue weighted by atomic mass is 9.92. The number of hydrogen-bond acceptors (Lipinski definition) is 3. The van der Waals surface area contributed by atoms with Gasteiger partial charge in [0.25, 0.3) is 0 Å². The van der Waals surface area contributed by atoms with Crippen LogP contribution in [-0.4, -0.2) is 30.4 Å². The predicted octanol–water partition coefficient (Wildman–Crippen LogP) is 2.75. The molecule has 0 spiro atoms. The molecule has 1 N–H and O–H groups in total. The van der Waals surface area contributed by atoms with Gasteiger partial charge in [-0.05, 0) is 43.4 Å². The molecule has 1 saturated heterocycles. The quantitative estimate of drug-likeness (QED) is 0.898. The van der Waals surface area contributed by atoms with Gasteiger partial charge in [0.05, 0.1) is 13.0 Å². The maximum Gasteiger partial charge on any atom is 0.304 e. The minimum Gasteiger partial charge on any atom is -0.488 e. The third-order valence-electron chi connectivity index (χ3n) is 4.23. The molecule has 0 radical (unpaired) electrons. The van der Waals surface area contributed by atoms with E-state index in [1.807, 2.05) is 24.3 Å². The molecule has 3 rings (SSSR count). The lowest BCUT2D eigenvalue weighted by Gasteiger charge is -2.23. The molecule has 1 aliphatic carbocycles. The zero-order valence-electron chi connectivity index (χ0n) is 11.5. The van der Waals surface area contributed by atoms with E-state index >= 15 is 0 Å². The fraction of sp³-hybridized carbons (Fsp3) is 0.562. The zero-order chi connectivity index (χ0) is 14.0. The third kappa shape index (κ3) is 2.96. The fourth-order valence-electron chi connectivity index (χ4n) is 2.89. The molecule has 1 aliphatic heterocycles. The minimum atomic E-state index is -0.720. The molecule has 2 fully saturated rings. The number of aliphatic carboxylic acids is 1. The van der Waals surface area contributed by atoms with Crippen molar-refractivity contribution < 1.29 is 19.4 Å². The Morgan fingerprint density at radius 1 is 1.35 bits per heavy atom.